The molecule has 174 valence electrons. The van der Waals surface area contributed by atoms with Gasteiger partial charge in [0.2, 0.25) is 5.91 Å². The average Bonchev–Trinajstić information content (AvgIpc) is 2.73. The van der Waals surface area contributed by atoms with E-state index in [-0.39, 0.29) is 36.3 Å². The summed E-state index contributed by atoms with van der Waals surface area (Å²) in [6, 6.07) is 6.83. The highest BCUT2D eigenvalue weighted by molar-refractivity contribution is 5.97. The first kappa shape index (κ1) is 22.6. The molecular formula is C25H36N4O3. The molecule has 32 heavy (non-hydrogen) atoms. The topological polar surface area (TPSA) is 90.5 Å². The molecule has 0 unspecified atom stereocenters. The fourth-order valence-electron chi connectivity index (χ4n) is 6.49. The van der Waals surface area contributed by atoms with Crippen molar-refractivity contribution in [2.24, 2.45) is 17.8 Å². The number of amides is 4. The third-order valence-electron chi connectivity index (χ3n) is 7.50. The van der Waals surface area contributed by atoms with Crippen molar-refractivity contribution < 1.29 is 14.4 Å². The van der Waals surface area contributed by atoms with Crippen molar-refractivity contribution in [2.75, 3.05) is 25.0 Å². The van der Waals surface area contributed by atoms with Gasteiger partial charge in [-0.3, -0.25) is 9.59 Å². The van der Waals surface area contributed by atoms with Crippen LogP contribution in [0.1, 0.15) is 69.2 Å². The molecule has 1 aromatic rings. The summed E-state index contributed by atoms with van der Waals surface area (Å²) in [5.74, 6) is 2.09. The lowest BCUT2D eigenvalue weighted by Gasteiger charge is -2.56. The summed E-state index contributed by atoms with van der Waals surface area (Å²) in [5, 5.41) is 8.96. The molecule has 0 radical (unpaired) electrons. The first-order valence-electron chi connectivity index (χ1n) is 12.1. The van der Waals surface area contributed by atoms with Crippen molar-refractivity contribution in [3.8, 4) is 0 Å². The Morgan fingerprint density at radius 1 is 1.00 bits per heavy atom. The monoisotopic (exact) mass is 440 g/mol. The SMILES string of the molecule is CCN(CC)C(=O)c1cccc(NC(=O)CCNC(=O)NC23CC4CC(CC(C4)C2)C3)c1. The number of urea groups is 1. The number of rotatable bonds is 8. The standard InChI is InChI=1S/C25H36N4O3/c1-3-29(4-2)23(31)20-6-5-7-21(13-20)27-22(30)8-9-26-24(32)28-25-14-17-10-18(15-25)12-19(11-17)16-25/h5-7,13,17-19H,3-4,8-12,14-16H2,1-2H3,(H,27,30)(H2,26,28,32). The quantitative estimate of drug-likeness (QED) is 0.575. The average molecular weight is 441 g/mol. The largest absolute Gasteiger partial charge is 0.339 e. The second kappa shape index (κ2) is 9.51. The van der Waals surface area contributed by atoms with Crippen LogP contribution in [0, 0.1) is 17.8 Å². The summed E-state index contributed by atoms with van der Waals surface area (Å²) in [7, 11) is 0. The molecule has 1 aromatic carbocycles. The van der Waals surface area contributed by atoms with Gasteiger partial charge in [0.1, 0.15) is 0 Å². The van der Waals surface area contributed by atoms with Crippen molar-refractivity contribution in [3.05, 3.63) is 29.8 Å². The van der Waals surface area contributed by atoms with Gasteiger partial charge in [0.05, 0.1) is 0 Å². The fourth-order valence-corrected chi connectivity index (χ4v) is 6.49. The van der Waals surface area contributed by atoms with Crippen LogP contribution in [0.15, 0.2) is 24.3 Å². The third-order valence-corrected chi connectivity index (χ3v) is 7.50. The smallest absolute Gasteiger partial charge is 0.315 e. The predicted molar refractivity (Wildman–Crippen MR) is 124 cm³/mol. The summed E-state index contributed by atoms with van der Waals surface area (Å²) in [4.78, 5) is 39.1. The lowest BCUT2D eigenvalue weighted by atomic mass is 9.53. The van der Waals surface area contributed by atoms with Crippen molar-refractivity contribution in [1.29, 1.82) is 0 Å². The maximum Gasteiger partial charge on any atom is 0.315 e. The molecule has 7 heteroatoms. The van der Waals surface area contributed by atoms with E-state index in [1.165, 1.54) is 19.3 Å². The van der Waals surface area contributed by atoms with Crippen LogP contribution in [0.3, 0.4) is 0 Å². The number of hydrogen-bond donors (Lipinski definition) is 3. The fraction of sp³-hybridized carbons (Fsp3) is 0.640. The van der Waals surface area contributed by atoms with Gasteiger partial charge in [0.25, 0.3) is 5.91 Å². The Morgan fingerprint density at radius 2 is 1.62 bits per heavy atom. The van der Waals surface area contributed by atoms with Gasteiger partial charge in [-0.1, -0.05) is 6.07 Å². The Labute approximate surface area is 190 Å². The molecular weight excluding hydrogens is 404 g/mol. The van der Waals surface area contributed by atoms with Crippen LogP contribution < -0.4 is 16.0 Å². The molecule has 0 atom stereocenters. The lowest BCUT2D eigenvalue weighted by molar-refractivity contribution is -0.116. The minimum Gasteiger partial charge on any atom is -0.339 e. The summed E-state index contributed by atoms with van der Waals surface area (Å²) in [6.45, 7) is 5.45. The molecule has 5 rings (SSSR count). The van der Waals surface area contributed by atoms with Crippen LogP contribution in [-0.2, 0) is 4.79 Å². The molecule has 4 aliphatic carbocycles. The molecule has 7 nitrogen and oxygen atoms in total. The van der Waals surface area contributed by atoms with Crippen LogP contribution >= 0.6 is 0 Å². The normalized spacial score (nSPS) is 27.6. The number of carbonyl (C=O) groups is 3. The van der Waals surface area contributed by atoms with Crippen LogP contribution in [0.4, 0.5) is 10.5 Å². The molecule has 0 heterocycles. The molecule has 3 N–H and O–H groups in total. The van der Waals surface area contributed by atoms with Crippen molar-refractivity contribution in [2.45, 2.75) is 64.3 Å². The Morgan fingerprint density at radius 3 is 2.22 bits per heavy atom. The maximum atomic E-state index is 12.5. The minimum absolute atomic E-state index is 0.0288. The molecule has 0 aliphatic heterocycles. The van der Waals surface area contributed by atoms with E-state index in [0.29, 0.717) is 24.3 Å². The molecule has 0 spiro atoms. The molecule has 0 saturated heterocycles. The Balaban J connectivity index is 1.22. The molecule has 0 aromatic heterocycles. The third kappa shape index (κ3) is 5.08. The second-order valence-electron chi connectivity index (χ2n) is 9.94. The summed E-state index contributed by atoms with van der Waals surface area (Å²) >= 11 is 0. The number of hydrogen-bond acceptors (Lipinski definition) is 3. The van der Waals surface area contributed by atoms with Crippen LogP contribution in [0.25, 0.3) is 0 Å². The molecule has 4 saturated carbocycles. The van der Waals surface area contributed by atoms with E-state index in [4.69, 9.17) is 0 Å². The number of anilines is 1. The summed E-state index contributed by atoms with van der Waals surface area (Å²) < 4.78 is 0. The molecule has 4 bridgehead atoms. The van der Waals surface area contributed by atoms with Crippen LogP contribution in [0.5, 0.6) is 0 Å². The number of nitrogens with one attached hydrogen (secondary N) is 3. The molecule has 4 aliphatic rings. The summed E-state index contributed by atoms with van der Waals surface area (Å²) in [6.07, 6.45) is 7.52. The number of nitrogens with zero attached hydrogens (tertiary/aromatic N) is 1. The van der Waals surface area contributed by atoms with Crippen LogP contribution in [-0.4, -0.2) is 47.9 Å². The predicted octanol–water partition coefficient (Wildman–Crippen LogP) is 3.77. The van der Waals surface area contributed by atoms with Crippen molar-refractivity contribution in [3.63, 3.8) is 0 Å². The highest BCUT2D eigenvalue weighted by Gasteiger charge is 2.51. The molecule has 4 fully saturated rings. The first-order valence-corrected chi connectivity index (χ1v) is 12.1. The zero-order valence-corrected chi connectivity index (χ0v) is 19.3. The zero-order chi connectivity index (χ0) is 22.7. The highest BCUT2D eigenvalue weighted by atomic mass is 16.2. The Bertz CT molecular complexity index is 829. The lowest BCUT2D eigenvalue weighted by Crippen LogP contribution is -2.61. The summed E-state index contributed by atoms with van der Waals surface area (Å²) in [5.41, 5.74) is 1.12. The highest BCUT2D eigenvalue weighted by Crippen LogP contribution is 2.55. The minimum atomic E-state index is -0.187. The van der Waals surface area contributed by atoms with Gasteiger partial charge in [-0.15, -0.1) is 0 Å². The first-order chi connectivity index (χ1) is 15.4. The maximum absolute atomic E-state index is 12.5. The Hall–Kier alpha value is -2.57. The zero-order valence-electron chi connectivity index (χ0n) is 19.3. The van der Waals surface area contributed by atoms with Gasteiger partial charge in [0.15, 0.2) is 0 Å². The van der Waals surface area contributed by atoms with E-state index in [1.54, 1.807) is 29.2 Å². The van der Waals surface area contributed by atoms with Crippen molar-refractivity contribution in [1.82, 2.24) is 15.5 Å². The van der Waals surface area contributed by atoms with Gasteiger partial charge in [-0.25, -0.2) is 4.79 Å². The van der Waals surface area contributed by atoms with E-state index in [0.717, 1.165) is 37.0 Å². The van der Waals surface area contributed by atoms with E-state index >= 15 is 0 Å². The second-order valence-corrected chi connectivity index (χ2v) is 9.94. The van der Waals surface area contributed by atoms with E-state index in [1.807, 2.05) is 13.8 Å². The van der Waals surface area contributed by atoms with Crippen molar-refractivity contribution >= 4 is 23.5 Å². The van der Waals surface area contributed by atoms with E-state index in [2.05, 4.69) is 16.0 Å². The van der Waals surface area contributed by atoms with Gasteiger partial charge < -0.3 is 20.9 Å². The molecule has 4 amide bonds. The van der Waals surface area contributed by atoms with Crippen LogP contribution in [0.2, 0.25) is 0 Å². The number of benzene rings is 1. The van der Waals surface area contributed by atoms with E-state index in [9.17, 15) is 14.4 Å². The van der Waals surface area contributed by atoms with Gasteiger partial charge >= 0.3 is 6.03 Å². The Kier molecular flexibility index (Phi) is 6.72. The van der Waals surface area contributed by atoms with E-state index < -0.39 is 0 Å². The van der Waals surface area contributed by atoms with Gasteiger partial charge in [0, 0.05) is 42.8 Å². The number of carbonyl (C=O) groups excluding carboxylic acids is 3. The van der Waals surface area contributed by atoms with Gasteiger partial charge in [-0.2, -0.15) is 0 Å². The van der Waals surface area contributed by atoms with Gasteiger partial charge in [-0.05, 0) is 88.3 Å².